The summed E-state index contributed by atoms with van der Waals surface area (Å²) >= 11 is 0. The molecule has 15 heavy (non-hydrogen) atoms. The number of piperazine rings is 1. The van der Waals surface area contributed by atoms with Gasteiger partial charge in [0.2, 0.25) is 0 Å². The van der Waals surface area contributed by atoms with Gasteiger partial charge in [0.15, 0.2) is 0 Å². The molecule has 0 aromatic heterocycles. The third kappa shape index (κ3) is 4.05. The fraction of sp³-hybridized carbons (Fsp3) is 0.900. The molecule has 0 bridgehead atoms. The second kappa shape index (κ2) is 5.92. The Hall–Kier alpha value is -0.810. The van der Waals surface area contributed by atoms with Gasteiger partial charge < -0.3 is 20.7 Å². The van der Waals surface area contributed by atoms with Crippen molar-refractivity contribution in [3.63, 3.8) is 0 Å². The van der Waals surface area contributed by atoms with Crippen LogP contribution < -0.4 is 5.73 Å². The van der Waals surface area contributed by atoms with Crippen LogP contribution in [0.1, 0.15) is 19.8 Å². The van der Waals surface area contributed by atoms with Gasteiger partial charge in [-0.25, -0.2) is 0 Å². The molecule has 0 radical (unpaired) electrons. The molecule has 1 aliphatic rings. The van der Waals surface area contributed by atoms with Gasteiger partial charge in [0, 0.05) is 32.1 Å². The van der Waals surface area contributed by atoms with Crippen molar-refractivity contribution in [3.8, 4) is 0 Å². The first-order chi connectivity index (χ1) is 7.13. The standard InChI is InChI=1S/C10H22N4O/c1-9-8-14(7-6-13(9)2)5-3-4-10(11)12-15/h9,15H,3-8H2,1-2H3,(H2,11,12). The van der Waals surface area contributed by atoms with Crippen LogP contribution in [-0.4, -0.2) is 60.1 Å². The van der Waals surface area contributed by atoms with Gasteiger partial charge in [0.1, 0.15) is 5.84 Å². The number of hydrogen-bond donors (Lipinski definition) is 2. The predicted molar refractivity (Wildman–Crippen MR) is 61.2 cm³/mol. The Morgan fingerprint density at radius 3 is 2.87 bits per heavy atom. The summed E-state index contributed by atoms with van der Waals surface area (Å²) in [6.07, 6.45) is 1.64. The van der Waals surface area contributed by atoms with Crippen molar-refractivity contribution < 1.29 is 5.21 Å². The summed E-state index contributed by atoms with van der Waals surface area (Å²) in [5, 5.41) is 11.4. The highest BCUT2D eigenvalue weighted by Crippen LogP contribution is 2.07. The molecule has 0 spiro atoms. The summed E-state index contributed by atoms with van der Waals surface area (Å²) in [4.78, 5) is 4.81. The first-order valence-corrected chi connectivity index (χ1v) is 5.52. The van der Waals surface area contributed by atoms with Crippen molar-refractivity contribution >= 4 is 5.84 Å². The molecule has 3 N–H and O–H groups in total. The maximum Gasteiger partial charge on any atom is 0.139 e. The van der Waals surface area contributed by atoms with Crippen LogP contribution in [0.4, 0.5) is 0 Å². The summed E-state index contributed by atoms with van der Waals surface area (Å²) in [5.74, 6) is 0.331. The highest BCUT2D eigenvalue weighted by molar-refractivity contribution is 5.79. The third-order valence-corrected chi connectivity index (χ3v) is 3.08. The van der Waals surface area contributed by atoms with Gasteiger partial charge in [-0.05, 0) is 26.9 Å². The molecule has 0 saturated carbocycles. The summed E-state index contributed by atoms with van der Waals surface area (Å²) in [7, 11) is 2.17. The monoisotopic (exact) mass is 214 g/mol. The van der Waals surface area contributed by atoms with Crippen molar-refractivity contribution in [2.45, 2.75) is 25.8 Å². The number of hydrogen-bond acceptors (Lipinski definition) is 4. The quantitative estimate of drug-likeness (QED) is 0.302. The summed E-state index contributed by atoms with van der Waals surface area (Å²) in [5.41, 5.74) is 5.41. The van der Waals surface area contributed by atoms with E-state index in [-0.39, 0.29) is 0 Å². The van der Waals surface area contributed by atoms with Crippen molar-refractivity contribution in [1.82, 2.24) is 9.80 Å². The van der Waals surface area contributed by atoms with Gasteiger partial charge in [-0.1, -0.05) is 5.16 Å². The number of likely N-dealkylation sites (N-methyl/N-ethyl adjacent to an activating group) is 1. The van der Waals surface area contributed by atoms with E-state index in [4.69, 9.17) is 10.9 Å². The maximum absolute atomic E-state index is 8.39. The van der Waals surface area contributed by atoms with Gasteiger partial charge in [0.25, 0.3) is 0 Å². The second-order valence-electron chi connectivity index (χ2n) is 4.33. The molecule has 1 rings (SSSR count). The first kappa shape index (κ1) is 12.3. The third-order valence-electron chi connectivity index (χ3n) is 3.08. The van der Waals surface area contributed by atoms with Gasteiger partial charge >= 0.3 is 0 Å². The minimum atomic E-state index is 0.331. The van der Waals surface area contributed by atoms with Crippen LogP contribution in [0.25, 0.3) is 0 Å². The number of nitrogens with two attached hydrogens (primary N) is 1. The molecule has 1 saturated heterocycles. The molecule has 1 fully saturated rings. The zero-order chi connectivity index (χ0) is 11.3. The number of amidine groups is 1. The molecule has 0 aromatic rings. The Labute approximate surface area is 91.5 Å². The Morgan fingerprint density at radius 1 is 1.53 bits per heavy atom. The van der Waals surface area contributed by atoms with E-state index < -0.39 is 0 Å². The minimum absolute atomic E-state index is 0.331. The molecule has 0 aliphatic carbocycles. The van der Waals surface area contributed by atoms with Crippen LogP contribution in [0.15, 0.2) is 5.16 Å². The van der Waals surface area contributed by atoms with E-state index in [0.29, 0.717) is 18.3 Å². The van der Waals surface area contributed by atoms with Crippen LogP contribution in [0, 0.1) is 0 Å². The zero-order valence-electron chi connectivity index (χ0n) is 9.69. The lowest BCUT2D eigenvalue weighted by Crippen LogP contribution is -2.50. The van der Waals surface area contributed by atoms with E-state index in [0.717, 1.165) is 32.6 Å². The normalized spacial score (nSPS) is 25.7. The Balaban J connectivity index is 2.17. The van der Waals surface area contributed by atoms with Crippen LogP contribution in [0.3, 0.4) is 0 Å². The lowest BCUT2D eigenvalue weighted by atomic mass is 10.2. The molecule has 1 aliphatic heterocycles. The molecule has 0 aromatic carbocycles. The molecule has 0 amide bonds. The molecule has 1 heterocycles. The molecule has 88 valence electrons. The molecular formula is C10H22N4O. The minimum Gasteiger partial charge on any atom is -0.409 e. The van der Waals surface area contributed by atoms with Crippen molar-refractivity contribution in [2.24, 2.45) is 10.9 Å². The van der Waals surface area contributed by atoms with Crippen LogP contribution in [0.2, 0.25) is 0 Å². The number of nitrogens with zero attached hydrogens (tertiary/aromatic N) is 3. The van der Waals surface area contributed by atoms with E-state index >= 15 is 0 Å². The fourth-order valence-corrected chi connectivity index (χ4v) is 1.86. The molecule has 5 nitrogen and oxygen atoms in total. The lowest BCUT2D eigenvalue weighted by Gasteiger charge is -2.37. The van der Waals surface area contributed by atoms with Crippen LogP contribution in [0.5, 0.6) is 0 Å². The maximum atomic E-state index is 8.39. The van der Waals surface area contributed by atoms with E-state index in [1.807, 2.05) is 0 Å². The van der Waals surface area contributed by atoms with Crippen molar-refractivity contribution in [1.29, 1.82) is 0 Å². The van der Waals surface area contributed by atoms with Gasteiger partial charge in [0.05, 0.1) is 0 Å². The van der Waals surface area contributed by atoms with Crippen LogP contribution in [-0.2, 0) is 0 Å². The molecule has 5 heteroatoms. The van der Waals surface area contributed by atoms with Crippen LogP contribution >= 0.6 is 0 Å². The lowest BCUT2D eigenvalue weighted by molar-refractivity contribution is 0.105. The fourth-order valence-electron chi connectivity index (χ4n) is 1.86. The Morgan fingerprint density at radius 2 is 2.27 bits per heavy atom. The van der Waals surface area contributed by atoms with Crippen molar-refractivity contribution in [2.75, 3.05) is 33.2 Å². The van der Waals surface area contributed by atoms with E-state index in [1.165, 1.54) is 0 Å². The van der Waals surface area contributed by atoms with Gasteiger partial charge in [-0.3, -0.25) is 0 Å². The Kier molecular flexibility index (Phi) is 4.84. The molecular weight excluding hydrogens is 192 g/mol. The largest absolute Gasteiger partial charge is 0.409 e. The highest BCUT2D eigenvalue weighted by Gasteiger charge is 2.19. The average Bonchev–Trinajstić information content (AvgIpc) is 2.23. The SMILES string of the molecule is CC1CN(CCCC(N)=NO)CCN1C. The summed E-state index contributed by atoms with van der Waals surface area (Å²) in [6.45, 7) is 6.65. The first-order valence-electron chi connectivity index (χ1n) is 5.52. The molecule has 1 unspecified atom stereocenters. The Bertz CT molecular complexity index is 219. The summed E-state index contributed by atoms with van der Waals surface area (Å²) < 4.78 is 0. The van der Waals surface area contributed by atoms with Gasteiger partial charge in [-0.2, -0.15) is 0 Å². The smallest absolute Gasteiger partial charge is 0.139 e. The van der Waals surface area contributed by atoms with Crippen molar-refractivity contribution in [3.05, 3.63) is 0 Å². The predicted octanol–water partition coefficient (Wildman–Crippen LogP) is 0.149. The topological polar surface area (TPSA) is 65.1 Å². The van der Waals surface area contributed by atoms with E-state index in [2.05, 4.69) is 28.9 Å². The zero-order valence-corrected chi connectivity index (χ0v) is 9.69. The van der Waals surface area contributed by atoms with E-state index in [1.54, 1.807) is 0 Å². The second-order valence-corrected chi connectivity index (χ2v) is 4.33. The molecule has 1 atom stereocenters. The highest BCUT2D eigenvalue weighted by atomic mass is 16.4. The average molecular weight is 214 g/mol. The van der Waals surface area contributed by atoms with Gasteiger partial charge in [-0.15, -0.1) is 0 Å². The summed E-state index contributed by atoms with van der Waals surface area (Å²) in [6, 6.07) is 0.627. The number of rotatable bonds is 4. The number of oxime groups is 1. The van der Waals surface area contributed by atoms with E-state index in [9.17, 15) is 0 Å².